The van der Waals surface area contributed by atoms with E-state index < -0.39 is 0 Å². The van der Waals surface area contributed by atoms with Crippen LogP contribution in [0.15, 0.2) is 0 Å². The van der Waals surface area contributed by atoms with Gasteiger partial charge in [0.05, 0.1) is 0 Å². The highest BCUT2D eigenvalue weighted by Gasteiger charge is 2.33. The number of nitrogens with zero attached hydrogens (tertiary/aromatic N) is 1. The Morgan fingerprint density at radius 1 is 1.44 bits per heavy atom. The van der Waals surface area contributed by atoms with Crippen molar-refractivity contribution in [3.8, 4) is 0 Å². The van der Waals surface area contributed by atoms with Crippen LogP contribution in [-0.2, 0) is 4.79 Å². The van der Waals surface area contributed by atoms with Crippen LogP contribution in [0.1, 0.15) is 58.8 Å². The summed E-state index contributed by atoms with van der Waals surface area (Å²) >= 11 is 0. The van der Waals surface area contributed by atoms with Crippen molar-refractivity contribution in [2.45, 2.75) is 64.8 Å². The van der Waals surface area contributed by atoms with Gasteiger partial charge in [0.25, 0.3) is 0 Å². The minimum atomic E-state index is 0.367. The van der Waals surface area contributed by atoms with E-state index in [1.54, 1.807) is 0 Å². The smallest absolute Gasteiger partial charge is 0.224 e. The van der Waals surface area contributed by atoms with Crippen LogP contribution in [0.3, 0.4) is 0 Å². The van der Waals surface area contributed by atoms with E-state index in [-0.39, 0.29) is 0 Å². The molecular formula is C15H28N2O. The minimum absolute atomic E-state index is 0.367. The fourth-order valence-electron chi connectivity index (χ4n) is 3.61. The maximum Gasteiger partial charge on any atom is 0.224 e. The third-order valence-electron chi connectivity index (χ3n) is 4.57. The molecule has 0 radical (unpaired) electrons. The van der Waals surface area contributed by atoms with Crippen LogP contribution in [0.4, 0.5) is 0 Å². The molecule has 104 valence electrons. The summed E-state index contributed by atoms with van der Waals surface area (Å²) < 4.78 is 0. The third-order valence-corrected chi connectivity index (χ3v) is 4.57. The van der Waals surface area contributed by atoms with Gasteiger partial charge in [0.2, 0.25) is 5.91 Å². The van der Waals surface area contributed by atoms with Gasteiger partial charge >= 0.3 is 0 Å². The van der Waals surface area contributed by atoms with Crippen molar-refractivity contribution in [1.82, 2.24) is 10.2 Å². The summed E-state index contributed by atoms with van der Waals surface area (Å²) in [5, 5.41) is 3.42. The zero-order valence-electron chi connectivity index (χ0n) is 12.0. The zero-order valence-corrected chi connectivity index (χ0v) is 12.0. The van der Waals surface area contributed by atoms with Gasteiger partial charge < -0.3 is 10.2 Å². The topological polar surface area (TPSA) is 32.3 Å². The van der Waals surface area contributed by atoms with Crippen LogP contribution in [-0.4, -0.2) is 36.5 Å². The first-order chi connectivity index (χ1) is 8.63. The van der Waals surface area contributed by atoms with Crippen molar-refractivity contribution in [3.63, 3.8) is 0 Å². The van der Waals surface area contributed by atoms with Crippen LogP contribution in [0.5, 0.6) is 0 Å². The van der Waals surface area contributed by atoms with Gasteiger partial charge in [-0.15, -0.1) is 0 Å². The highest BCUT2D eigenvalue weighted by Crippen LogP contribution is 2.34. The molecule has 2 aliphatic rings. The molecule has 0 aliphatic carbocycles. The number of piperidine rings is 1. The fraction of sp³-hybridized carbons (Fsp3) is 0.933. The Morgan fingerprint density at radius 2 is 2.28 bits per heavy atom. The lowest BCUT2D eigenvalue weighted by Crippen LogP contribution is -2.46. The molecule has 2 atom stereocenters. The van der Waals surface area contributed by atoms with Crippen molar-refractivity contribution in [2.75, 3.05) is 19.6 Å². The normalized spacial score (nSPS) is 32.8. The summed E-state index contributed by atoms with van der Waals surface area (Å²) in [5.74, 6) is 0.372. The van der Waals surface area contributed by atoms with E-state index >= 15 is 0 Å². The molecule has 18 heavy (non-hydrogen) atoms. The Kier molecular flexibility index (Phi) is 4.66. The molecule has 3 nitrogen and oxygen atoms in total. The molecule has 0 aromatic rings. The lowest BCUT2D eigenvalue weighted by Gasteiger charge is -2.41. The molecule has 2 unspecified atom stereocenters. The van der Waals surface area contributed by atoms with E-state index in [1.807, 2.05) is 0 Å². The van der Waals surface area contributed by atoms with Crippen molar-refractivity contribution in [3.05, 3.63) is 0 Å². The number of likely N-dealkylation sites (tertiary alicyclic amines) is 1. The SMILES string of the molecule is CCCC1(C)CCCN(C(=O)CC2CCCN2)C1. The molecule has 2 rings (SSSR count). The Hall–Kier alpha value is -0.570. The van der Waals surface area contributed by atoms with Crippen molar-refractivity contribution in [1.29, 1.82) is 0 Å². The average Bonchev–Trinajstić information content (AvgIpc) is 2.81. The molecule has 2 heterocycles. The van der Waals surface area contributed by atoms with Gasteiger partial charge in [0.15, 0.2) is 0 Å². The maximum absolute atomic E-state index is 12.3. The summed E-state index contributed by atoms with van der Waals surface area (Å²) in [5.41, 5.74) is 0.367. The number of amides is 1. The number of hydrogen-bond donors (Lipinski definition) is 1. The first kappa shape index (κ1) is 13.9. The first-order valence-electron chi connectivity index (χ1n) is 7.64. The second kappa shape index (κ2) is 6.05. The molecule has 2 fully saturated rings. The van der Waals surface area contributed by atoms with Crippen molar-refractivity contribution < 1.29 is 4.79 Å². The maximum atomic E-state index is 12.3. The van der Waals surface area contributed by atoms with Gasteiger partial charge in [-0.05, 0) is 44.1 Å². The largest absolute Gasteiger partial charge is 0.342 e. The molecule has 1 N–H and O–H groups in total. The minimum Gasteiger partial charge on any atom is -0.342 e. The lowest BCUT2D eigenvalue weighted by atomic mass is 9.78. The highest BCUT2D eigenvalue weighted by atomic mass is 16.2. The number of nitrogens with one attached hydrogen (secondary N) is 1. The van der Waals surface area contributed by atoms with Crippen LogP contribution >= 0.6 is 0 Å². The van der Waals surface area contributed by atoms with Gasteiger partial charge in [0.1, 0.15) is 0 Å². The van der Waals surface area contributed by atoms with E-state index in [9.17, 15) is 4.79 Å². The third kappa shape index (κ3) is 3.47. The molecule has 0 saturated carbocycles. The monoisotopic (exact) mass is 252 g/mol. The summed E-state index contributed by atoms with van der Waals surface area (Å²) in [6, 6.07) is 0.442. The van der Waals surface area contributed by atoms with Gasteiger partial charge in [-0.1, -0.05) is 20.3 Å². The van der Waals surface area contributed by atoms with E-state index in [1.165, 1.54) is 38.5 Å². The van der Waals surface area contributed by atoms with Gasteiger partial charge in [0, 0.05) is 25.6 Å². The Balaban J connectivity index is 1.85. The second-order valence-electron chi connectivity index (χ2n) is 6.48. The molecule has 2 aliphatic heterocycles. The Morgan fingerprint density at radius 3 is 2.94 bits per heavy atom. The Labute approximate surface area is 111 Å². The molecule has 0 spiro atoms. The zero-order chi connectivity index (χ0) is 13.0. The van der Waals surface area contributed by atoms with Crippen molar-refractivity contribution >= 4 is 5.91 Å². The summed E-state index contributed by atoms with van der Waals surface area (Å²) in [7, 11) is 0. The standard InChI is InChI=1S/C15H28N2O/c1-3-7-15(2)8-5-10-17(12-15)14(18)11-13-6-4-9-16-13/h13,16H,3-12H2,1-2H3. The van der Waals surface area contributed by atoms with Crippen LogP contribution in [0.25, 0.3) is 0 Å². The van der Waals surface area contributed by atoms with E-state index in [0.717, 1.165) is 19.6 Å². The molecule has 0 aromatic heterocycles. The van der Waals surface area contributed by atoms with E-state index in [0.29, 0.717) is 23.8 Å². The van der Waals surface area contributed by atoms with Crippen molar-refractivity contribution in [2.24, 2.45) is 5.41 Å². The van der Waals surface area contributed by atoms with Gasteiger partial charge in [-0.3, -0.25) is 4.79 Å². The Bertz CT molecular complexity index is 282. The highest BCUT2D eigenvalue weighted by molar-refractivity contribution is 5.77. The number of hydrogen-bond acceptors (Lipinski definition) is 2. The van der Waals surface area contributed by atoms with Gasteiger partial charge in [-0.25, -0.2) is 0 Å². The molecule has 2 saturated heterocycles. The first-order valence-corrected chi connectivity index (χ1v) is 7.64. The fourth-order valence-corrected chi connectivity index (χ4v) is 3.61. The number of carbonyl (C=O) groups is 1. The average molecular weight is 252 g/mol. The number of carbonyl (C=O) groups excluding carboxylic acids is 1. The molecule has 1 amide bonds. The van der Waals surface area contributed by atoms with E-state index in [2.05, 4.69) is 24.1 Å². The van der Waals surface area contributed by atoms with Crippen LogP contribution in [0.2, 0.25) is 0 Å². The quantitative estimate of drug-likeness (QED) is 0.834. The molecule has 0 aromatic carbocycles. The number of rotatable bonds is 4. The summed E-state index contributed by atoms with van der Waals surface area (Å²) in [6.45, 7) is 7.64. The predicted octanol–water partition coefficient (Wildman–Crippen LogP) is 2.56. The summed E-state index contributed by atoms with van der Waals surface area (Å²) in [6.07, 6.45) is 8.05. The molecule has 0 bridgehead atoms. The molecular weight excluding hydrogens is 224 g/mol. The van der Waals surface area contributed by atoms with Gasteiger partial charge in [-0.2, -0.15) is 0 Å². The second-order valence-corrected chi connectivity index (χ2v) is 6.48. The lowest BCUT2D eigenvalue weighted by molar-refractivity contribution is -0.135. The summed E-state index contributed by atoms with van der Waals surface area (Å²) in [4.78, 5) is 14.5. The van der Waals surface area contributed by atoms with Crippen LogP contribution < -0.4 is 5.32 Å². The molecule has 3 heteroatoms. The predicted molar refractivity (Wildman–Crippen MR) is 74.5 cm³/mol. The van der Waals surface area contributed by atoms with E-state index in [4.69, 9.17) is 0 Å². The van der Waals surface area contributed by atoms with Crippen LogP contribution in [0, 0.1) is 5.41 Å².